The smallest absolute Gasteiger partial charge is 0.0207 e. The van der Waals surface area contributed by atoms with Gasteiger partial charge in [-0.05, 0) is 24.0 Å². The van der Waals surface area contributed by atoms with Crippen molar-refractivity contribution < 1.29 is 0 Å². The average Bonchev–Trinajstić information content (AvgIpc) is 2.17. The first-order valence-corrected chi connectivity index (χ1v) is 6.48. The standard InChI is InChI=1S/C11H14Br2/c1-2-9(8-12)7-10-5-3-4-6-11(10)13/h3-6,9H,2,7-8H2,1H3. The number of hydrogen-bond donors (Lipinski definition) is 0. The molecule has 0 aliphatic carbocycles. The van der Waals surface area contributed by atoms with Crippen LogP contribution in [-0.4, -0.2) is 5.33 Å². The molecule has 0 aromatic heterocycles. The first kappa shape index (κ1) is 11.3. The van der Waals surface area contributed by atoms with Crippen molar-refractivity contribution in [1.82, 2.24) is 0 Å². The molecule has 72 valence electrons. The molecule has 0 nitrogen and oxygen atoms in total. The van der Waals surface area contributed by atoms with Crippen LogP contribution in [0.1, 0.15) is 18.9 Å². The third-order valence-electron chi connectivity index (χ3n) is 2.26. The molecule has 0 spiro atoms. The van der Waals surface area contributed by atoms with Gasteiger partial charge in [-0.25, -0.2) is 0 Å². The molecule has 0 saturated heterocycles. The molecule has 0 amide bonds. The van der Waals surface area contributed by atoms with Crippen LogP contribution in [-0.2, 0) is 6.42 Å². The van der Waals surface area contributed by atoms with Crippen LogP contribution in [0, 0.1) is 5.92 Å². The van der Waals surface area contributed by atoms with Gasteiger partial charge in [0.2, 0.25) is 0 Å². The number of halogens is 2. The molecule has 0 aliphatic rings. The molecule has 0 aliphatic heterocycles. The van der Waals surface area contributed by atoms with Gasteiger partial charge in [-0.2, -0.15) is 0 Å². The minimum atomic E-state index is 0.749. The summed E-state index contributed by atoms with van der Waals surface area (Å²) in [6, 6.07) is 8.45. The van der Waals surface area contributed by atoms with E-state index in [9.17, 15) is 0 Å². The van der Waals surface area contributed by atoms with Crippen LogP contribution in [0.2, 0.25) is 0 Å². The molecular formula is C11H14Br2. The highest BCUT2D eigenvalue weighted by Crippen LogP contribution is 2.21. The summed E-state index contributed by atoms with van der Waals surface area (Å²) < 4.78 is 1.23. The maximum atomic E-state index is 3.57. The normalized spacial score (nSPS) is 12.8. The number of benzene rings is 1. The molecule has 1 aromatic carbocycles. The molecule has 0 heterocycles. The third-order valence-corrected chi connectivity index (χ3v) is 3.95. The maximum Gasteiger partial charge on any atom is 0.0207 e. The monoisotopic (exact) mass is 304 g/mol. The lowest BCUT2D eigenvalue weighted by atomic mass is 9.99. The van der Waals surface area contributed by atoms with Gasteiger partial charge in [0, 0.05) is 9.80 Å². The zero-order valence-corrected chi connectivity index (χ0v) is 10.9. The highest BCUT2D eigenvalue weighted by molar-refractivity contribution is 9.10. The van der Waals surface area contributed by atoms with E-state index in [0.717, 1.165) is 17.7 Å². The summed E-state index contributed by atoms with van der Waals surface area (Å²) in [4.78, 5) is 0. The van der Waals surface area contributed by atoms with Crippen LogP contribution in [0.5, 0.6) is 0 Å². The fourth-order valence-electron chi connectivity index (χ4n) is 1.28. The Morgan fingerprint density at radius 2 is 2.00 bits per heavy atom. The quantitative estimate of drug-likeness (QED) is 0.723. The van der Waals surface area contributed by atoms with Crippen LogP contribution in [0.4, 0.5) is 0 Å². The Morgan fingerprint density at radius 1 is 1.31 bits per heavy atom. The van der Waals surface area contributed by atoms with E-state index in [4.69, 9.17) is 0 Å². The Morgan fingerprint density at radius 3 is 2.54 bits per heavy atom. The second-order valence-electron chi connectivity index (χ2n) is 3.22. The molecule has 0 N–H and O–H groups in total. The molecule has 0 saturated carbocycles. The zero-order chi connectivity index (χ0) is 9.68. The van der Waals surface area contributed by atoms with Crippen LogP contribution < -0.4 is 0 Å². The van der Waals surface area contributed by atoms with Gasteiger partial charge in [-0.1, -0.05) is 63.4 Å². The van der Waals surface area contributed by atoms with E-state index in [0.29, 0.717) is 0 Å². The highest BCUT2D eigenvalue weighted by Gasteiger charge is 2.07. The average molecular weight is 306 g/mol. The predicted molar refractivity (Wildman–Crippen MR) is 65.4 cm³/mol. The van der Waals surface area contributed by atoms with Crippen molar-refractivity contribution in [2.24, 2.45) is 5.92 Å². The largest absolute Gasteiger partial charge is 0.0925 e. The second-order valence-corrected chi connectivity index (χ2v) is 4.73. The highest BCUT2D eigenvalue weighted by atomic mass is 79.9. The molecule has 1 atom stereocenters. The van der Waals surface area contributed by atoms with Crippen molar-refractivity contribution in [3.05, 3.63) is 34.3 Å². The lowest BCUT2D eigenvalue weighted by molar-refractivity contribution is 0.572. The lowest BCUT2D eigenvalue weighted by Crippen LogP contribution is -2.04. The summed E-state index contributed by atoms with van der Waals surface area (Å²) in [6.45, 7) is 2.24. The molecule has 13 heavy (non-hydrogen) atoms. The van der Waals surface area contributed by atoms with Crippen molar-refractivity contribution in [3.63, 3.8) is 0 Å². The summed E-state index contributed by atoms with van der Waals surface area (Å²) in [5.41, 5.74) is 1.41. The van der Waals surface area contributed by atoms with Gasteiger partial charge in [-0.3, -0.25) is 0 Å². The molecule has 1 rings (SSSR count). The first-order valence-electron chi connectivity index (χ1n) is 4.57. The van der Waals surface area contributed by atoms with Crippen LogP contribution in [0.15, 0.2) is 28.7 Å². The van der Waals surface area contributed by atoms with E-state index in [2.05, 4.69) is 63.0 Å². The molecule has 0 fully saturated rings. The molecule has 1 unspecified atom stereocenters. The molecule has 0 radical (unpaired) electrons. The fourth-order valence-corrected chi connectivity index (χ4v) is 2.42. The molecule has 2 heteroatoms. The van der Waals surface area contributed by atoms with Crippen LogP contribution in [0.3, 0.4) is 0 Å². The Balaban J connectivity index is 2.67. The van der Waals surface area contributed by atoms with Crippen molar-refractivity contribution in [3.8, 4) is 0 Å². The Kier molecular flexibility index (Phi) is 5.04. The topological polar surface area (TPSA) is 0 Å². The van der Waals surface area contributed by atoms with E-state index in [1.54, 1.807) is 0 Å². The van der Waals surface area contributed by atoms with Gasteiger partial charge in [0.25, 0.3) is 0 Å². The van der Waals surface area contributed by atoms with E-state index < -0.39 is 0 Å². The van der Waals surface area contributed by atoms with E-state index in [1.165, 1.54) is 16.5 Å². The van der Waals surface area contributed by atoms with Gasteiger partial charge >= 0.3 is 0 Å². The van der Waals surface area contributed by atoms with E-state index in [-0.39, 0.29) is 0 Å². The summed E-state index contributed by atoms with van der Waals surface area (Å²) in [5.74, 6) is 0.749. The molecular weight excluding hydrogens is 292 g/mol. The minimum Gasteiger partial charge on any atom is -0.0925 e. The van der Waals surface area contributed by atoms with Crippen molar-refractivity contribution in [1.29, 1.82) is 0 Å². The lowest BCUT2D eigenvalue weighted by Gasteiger charge is -2.12. The fraction of sp³-hybridized carbons (Fsp3) is 0.455. The Labute approximate surface area is 97.0 Å². The minimum absolute atomic E-state index is 0.749. The van der Waals surface area contributed by atoms with Crippen molar-refractivity contribution >= 4 is 31.9 Å². The van der Waals surface area contributed by atoms with Gasteiger partial charge in [0.1, 0.15) is 0 Å². The van der Waals surface area contributed by atoms with E-state index >= 15 is 0 Å². The zero-order valence-electron chi connectivity index (χ0n) is 7.76. The third kappa shape index (κ3) is 3.43. The number of hydrogen-bond acceptors (Lipinski definition) is 0. The number of alkyl halides is 1. The predicted octanol–water partition coefficient (Wildman–Crippen LogP) is 4.41. The van der Waals surface area contributed by atoms with Gasteiger partial charge in [0.05, 0.1) is 0 Å². The first-order chi connectivity index (χ1) is 6.27. The maximum absolute atomic E-state index is 3.57. The van der Waals surface area contributed by atoms with Crippen LogP contribution in [0.25, 0.3) is 0 Å². The summed E-state index contributed by atoms with van der Waals surface area (Å²) >= 11 is 7.11. The second kappa shape index (κ2) is 5.82. The number of rotatable bonds is 4. The summed E-state index contributed by atoms with van der Waals surface area (Å²) in [7, 11) is 0. The van der Waals surface area contributed by atoms with Crippen molar-refractivity contribution in [2.75, 3.05) is 5.33 Å². The molecule has 0 bridgehead atoms. The molecule has 1 aromatic rings. The van der Waals surface area contributed by atoms with E-state index in [1.807, 2.05) is 0 Å². The summed E-state index contributed by atoms with van der Waals surface area (Å²) in [6.07, 6.45) is 2.38. The summed E-state index contributed by atoms with van der Waals surface area (Å²) in [5, 5.41) is 1.09. The Bertz CT molecular complexity index is 254. The van der Waals surface area contributed by atoms with Gasteiger partial charge < -0.3 is 0 Å². The SMILES string of the molecule is CCC(CBr)Cc1ccccc1Br. The van der Waals surface area contributed by atoms with Crippen LogP contribution >= 0.6 is 31.9 Å². The van der Waals surface area contributed by atoms with Gasteiger partial charge in [-0.15, -0.1) is 0 Å². The van der Waals surface area contributed by atoms with Crippen molar-refractivity contribution in [2.45, 2.75) is 19.8 Å². The van der Waals surface area contributed by atoms with Gasteiger partial charge in [0.15, 0.2) is 0 Å². The Hall–Kier alpha value is 0.180.